The van der Waals surface area contributed by atoms with Crippen molar-refractivity contribution in [2.75, 3.05) is 76.0 Å². The molecule has 2 aromatic carbocycles. The van der Waals surface area contributed by atoms with Gasteiger partial charge in [0.2, 0.25) is 70.9 Å². The van der Waals surface area contributed by atoms with Crippen LogP contribution in [0.5, 0.6) is 0 Å². The summed E-state index contributed by atoms with van der Waals surface area (Å²) in [7, 11) is 11.2. The maximum Gasteiger partial charge on any atom is 0.417 e. The number of halogens is 4. The maximum atomic E-state index is 15.2. The largest absolute Gasteiger partial charge is 0.417 e. The van der Waals surface area contributed by atoms with Gasteiger partial charge in [-0.2, -0.15) is 13.2 Å². The number of likely N-dealkylation sites (N-methyl/N-ethyl adjacent to an activating group) is 7. The number of nitrogens with zero attached hydrogens (tertiary/aromatic N) is 9. The maximum absolute atomic E-state index is 15.2. The van der Waals surface area contributed by atoms with Gasteiger partial charge in [0.05, 0.1) is 23.6 Å². The summed E-state index contributed by atoms with van der Waals surface area (Å²) in [4.78, 5) is 188. The third-order valence-corrected chi connectivity index (χ3v) is 20.1. The topological polar surface area (TPSA) is 270 Å². The molecule has 0 aromatic heterocycles. The lowest BCUT2D eigenvalue weighted by atomic mass is 9.93. The lowest BCUT2D eigenvalue weighted by Crippen LogP contribution is -2.65. The Labute approximate surface area is 580 Å². The summed E-state index contributed by atoms with van der Waals surface area (Å²) in [6.45, 7) is 16.9. The summed E-state index contributed by atoms with van der Waals surface area (Å²) in [5, 5.41) is 7.85. The Balaban J connectivity index is 1.64. The standard InChI is InChI=1S/C70H104ClF3N12O12/c1-19-42(8)58-68(97)80(14)44(10)62(91)86-33-31-51(86)66(95)82(16)53(36-46-25-23-41(7)24-26-46)65(94)79(13)38-55(87)75-49(30-28-45-27-29-47(48(71)35-45)70(72,73)74)63(92)85-32-21-22-50(85)60(89)76-57(40(5)6)67(96)84(18)59(43(9)20-2)69(98)83(17)54(64(93)78(11)12)37-56(88)81(15)52(34-39(3)4)61(90)77-58/h23-27,29,35,39-40,42-44,49-54,57-59H,19-22,28,30-34,36-38H2,1-18H3,(H,75,87)(H,76,89)(H,77,90)/t42-,43-,44-,49-,50-,51-,52-,53-,54-,57-,58-,59-/m0/s1. The highest BCUT2D eigenvalue weighted by Crippen LogP contribution is 2.36. The van der Waals surface area contributed by atoms with Crippen LogP contribution in [-0.2, 0) is 76.6 Å². The van der Waals surface area contributed by atoms with Crippen molar-refractivity contribution in [3.8, 4) is 0 Å². The monoisotopic (exact) mass is 1400 g/mol. The molecule has 3 heterocycles. The molecule has 0 bridgehead atoms. The first kappa shape index (κ1) is 80.8. The van der Waals surface area contributed by atoms with Crippen molar-refractivity contribution in [1.82, 2.24) is 60.0 Å². The molecular weight excluding hydrogens is 1290 g/mol. The quantitative estimate of drug-likeness (QED) is 0.244. The number of alkyl halides is 3. The van der Waals surface area contributed by atoms with Crippen LogP contribution in [0, 0.1) is 30.6 Å². The predicted molar refractivity (Wildman–Crippen MR) is 363 cm³/mol. The second-order valence-electron chi connectivity index (χ2n) is 27.9. The normalized spacial score (nSPS) is 25.9. The smallest absolute Gasteiger partial charge is 0.347 e. The van der Waals surface area contributed by atoms with Gasteiger partial charge in [0.25, 0.3) is 0 Å². The van der Waals surface area contributed by atoms with Crippen molar-refractivity contribution < 1.29 is 70.7 Å². The van der Waals surface area contributed by atoms with E-state index in [0.717, 1.165) is 27.5 Å². The van der Waals surface area contributed by atoms with Crippen molar-refractivity contribution >= 4 is 82.5 Å². The number of aryl methyl sites for hydroxylation is 2. The van der Waals surface area contributed by atoms with Crippen LogP contribution < -0.4 is 16.0 Å². The first-order valence-electron chi connectivity index (χ1n) is 33.9. The Morgan fingerprint density at radius 3 is 1.76 bits per heavy atom. The van der Waals surface area contributed by atoms with E-state index >= 15 is 14.4 Å². The second kappa shape index (κ2) is 34.8. The van der Waals surface area contributed by atoms with Crippen molar-refractivity contribution in [2.45, 2.75) is 200 Å². The molecule has 12 amide bonds. The number of hydrogen-bond donors (Lipinski definition) is 3. The molecule has 28 heteroatoms. The summed E-state index contributed by atoms with van der Waals surface area (Å²) in [5.41, 5.74) is 0.741. The van der Waals surface area contributed by atoms with E-state index in [-0.39, 0.29) is 63.1 Å². The van der Waals surface area contributed by atoms with Gasteiger partial charge in [-0.25, -0.2) is 0 Å². The Hall–Kier alpha value is -7.84. The molecule has 3 N–H and O–H groups in total. The van der Waals surface area contributed by atoms with Crippen LogP contribution in [0.15, 0.2) is 42.5 Å². The highest BCUT2D eigenvalue weighted by atomic mass is 35.5. The number of fused-ring (bicyclic) bond motifs is 2. The summed E-state index contributed by atoms with van der Waals surface area (Å²) in [5.74, 6) is -10.4. The molecule has 3 aliphatic rings. The van der Waals surface area contributed by atoms with Gasteiger partial charge in [-0.15, -0.1) is 0 Å². The number of carbonyl (C=O) groups excluding carboxylic acids is 12. The van der Waals surface area contributed by atoms with Crippen LogP contribution >= 0.6 is 11.6 Å². The number of rotatable bonds is 13. The molecule has 0 radical (unpaired) electrons. The van der Waals surface area contributed by atoms with E-state index in [1.807, 2.05) is 39.8 Å². The van der Waals surface area contributed by atoms with Gasteiger partial charge in [0.15, 0.2) is 0 Å². The summed E-state index contributed by atoms with van der Waals surface area (Å²) in [6.07, 6.45) is -4.38. The van der Waals surface area contributed by atoms with E-state index in [1.54, 1.807) is 46.8 Å². The Kier molecular flexibility index (Phi) is 28.7. The molecule has 3 saturated heterocycles. The van der Waals surface area contributed by atoms with Gasteiger partial charge in [-0.3, -0.25) is 57.5 Å². The number of benzene rings is 2. The third kappa shape index (κ3) is 19.5. The van der Waals surface area contributed by atoms with E-state index in [9.17, 15) is 56.3 Å². The minimum absolute atomic E-state index is 0.000866. The molecule has 0 spiro atoms. The molecule has 0 unspecified atom stereocenters. The fourth-order valence-electron chi connectivity index (χ4n) is 12.7. The highest BCUT2D eigenvalue weighted by molar-refractivity contribution is 6.31. The molecule has 12 atom stereocenters. The number of carbonyl (C=O) groups is 12. The molecule has 2 aromatic rings. The molecule has 5 rings (SSSR count). The SMILES string of the molecule is CC[C@H](C)[C@@H]1NC(=O)[C@H](CC(C)C)N(C)C(=O)C[C@@H](C(=O)N(C)C)N(C)C(=O)[C@H]([C@@H](C)CC)N(C)C(=O)[C@H](C(C)C)NC(=O)[C@@H]2CCCN2C(=O)[C@H](CCc2ccc(C(F)(F)F)c(Cl)c2)NC(=O)CN(C)C(=O)[C@H](Cc2ccc(C)cc2)N(C)C(=O)[C@@H]2CCN2C(=O)[C@H](C)N(C)C1=O. The molecule has 98 heavy (non-hydrogen) atoms. The van der Waals surface area contributed by atoms with Gasteiger partial charge < -0.3 is 60.0 Å². The lowest BCUT2D eigenvalue weighted by molar-refractivity contribution is -0.160. The Bertz CT molecular complexity index is 3240. The molecule has 3 aliphatic heterocycles. The fourth-order valence-corrected chi connectivity index (χ4v) is 13.1. The molecule has 3 fully saturated rings. The molecule has 544 valence electrons. The zero-order valence-electron chi connectivity index (χ0n) is 60.3. The average Bonchev–Trinajstić information content (AvgIpc) is 0.856. The lowest BCUT2D eigenvalue weighted by Gasteiger charge is -2.45. The Morgan fingerprint density at radius 1 is 0.633 bits per heavy atom. The van der Waals surface area contributed by atoms with Crippen LogP contribution in [0.1, 0.15) is 136 Å². The highest BCUT2D eigenvalue weighted by Gasteiger charge is 2.48. The van der Waals surface area contributed by atoms with Gasteiger partial charge >= 0.3 is 6.18 Å². The number of hydrogen-bond acceptors (Lipinski definition) is 12. The van der Waals surface area contributed by atoms with Crippen molar-refractivity contribution in [3.63, 3.8) is 0 Å². The number of amides is 12. The van der Waals surface area contributed by atoms with Crippen molar-refractivity contribution in [2.24, 2.45) is 23.7 Å². The molecule has 0 aliphatic carbocycles. The van der Waals surface area contributed by atoms with E-state index in [1.165, 1.54) is 104 Å². The average molecular weight is 1400 g/mol. The van der Waals surface area contributed by atoms with E-state index in [4.69, 9.17) is 11.6 Å². The first-order chi connectivity index (χ1) is 45.7. The van der Waals surface area contributed by atoms with Gasteiger partial charge in [-0.05, 0) is 99.3 Å². The van der Waals surface area contributed by atoms with Gasteiger partial charge in [0, 0.05) is 75.9 Å². The van der Waals surface area contributed by atoms with Crippen LogP contribution in [-0.4, -0.2) is 251 Å². The zero-order chi connectivity index (χ0) is 73.9. The summed E-state index contributed by atoms with van der Waals surface area (Å²) >= 11 is 6.13. The van der Waals surface area contributed by atoms with E-state index in [0.29, 0.717) is 24.8 Å². The van der Waals surface area contributed by atoms with Gasteiger partial charge in [0.1, 0.15) is 60.4 Å². The van der Waals surface area contributed by atoms with Gasteiger partial charge in [-0.1, -0.05) is 116 Å². The van der Waals surface area contributed by atoms with E-state index in [2.05, 4.69) is 16.0 Å². The minimum Gasteiger partial charge on any atom is -0.347 e. The molecule has 24 nitrogen and oxygen atoms in total. The number of nitrogens with one attached hydrogen (secondary N) is 3. The summed E-state index contributed by atoms with van der Waals surface area (Å²) in [6, 6.07) is -2.48. The van der Waals surface area contributed by atoms with E-state index < -0.39 is 179 Å². The van der Waals surface area contributed by atoms with Crippen LogP contribution in [0.3, 0.4) is 0 Å². The van der Waals surface area contributed by atoms with Crippen LogP contribution in [0.2, 0.25) is 5.02 Å². The Morgan fingerprint density at radius 2 is 1.21 bits per heavy atom. The summed E-state index contributed by atoms with van der Waals surface area (Å²) < 4.78 is 41.5. The minimum atomic E-state index is -4.77. The van der Waals surface area contributed by atoms with Crippen LogP contribution in [0.25, 0.3) is 0 Å². The predicted octanol–water partition coefficient (Wildman–Crippen LogP) is 4.79. The molecular formula is C70H104ClF3N12O12. The van der Waals surface area contributed by atoms with Crippen LogP contribution in [0.4, 0.5) is 13.2 Å². The van der Waals surface area contributed by atoms with Crippen molar-refractivity contribution in [1.29, 1.82) is 0 Å². The third-order valence-electron chi connectivity index (χ3n) is 19.8. The van der Waals surface area contributed by atoms with Crippen molar-refractivity contribution in [3.05, 3.63) is 69.7 Å². The fraction of sp³-hybridized carbons (Fsp3) is 0.657. The second-order valence-corrected chi connectivity index (χ2v) is 28.3. The molecule has 0 saturated carbocycles. The zero-order valence-corrected chi connectivity index (χ0v) is 61.0. The first-order valence-corrected chi connectivity index (χ1v) is 34.3.